The average molecular weight is 264 g/mol. The van der Waals surface area contributed by atoms with Crippen molar-refractivity contribution in [2.75, 3.05) is 20.2 Å². The Labute approximate surface area is 113 Å². The van der Waals surface area contributed by atoms with Crippen molar-refractivity contribution in [3.05, 3.63) is 35.9 Å². The van der Waals surface area contributed by atoms with Crippen LogP contribution in [-0.4, -0.2) is 43.3 Å². The molecule has 0 aromatic heterocycles. The van der Waals surface area contributed by atoms with E-state index in [1.165, 1.54) is 0 Å². The second-order valence-electron chi connectivity index (χ2n) is 4.71. The Bertz CT molecular complexity index is 410. The molecule has 1 aliphatic heterocycles. The molecule has 1 saturated heterocycles. The van der Waals surface area contributed by atoms with Crippen molar-refractivity contribution in [3.63, 3.8) is 0 Å². The molecule has 0 aliphatic carbocycles. The largest absolute Gasteiger partial charge is 0.445 e. The van der Waals surface area contributed by atoms with Gasteiger partial charge in [-0.1, -0.05) is 30.3 Å². The van der Waals surface area contributed by atoms with E-state index in [9.17, 15) is 4.79 Å². The second-order valence-corrected chi connectivity index (χ2v) is 4.71. The summed E-state index contributed by atoms with van der Waals surface area (Å²) in [5, 5.41) is 0. The Morgan fingerprint density at radius 3 is 2.84 bits per heavy atom. The minimum atomic E-state index is -0.308. The van der Waals surface area contributed by atoms with Gasteiger partial charge in [0.2, 0.25) is 0 Å². The first-order valence-electron chi connectivity index (χ1n) is 6.44. The third kappa shape index (κ3) is 3.68. The summed E-state index contributed by atoms with van der Waals surface area (Å²) in [6, 6.07) is 9.62. The van der Waals surface area contributed by atoms with Gasteiger partial charge in [0.1, 0.15) is 6.61 Å². The van der Waals surface area contributed by atoms with E-state index < -0.39 is 0 Å². The van der Waals surface area contributed by atoms with Crippen LogP contribution < -0.4 is 5.73 Å². The van der Waals surface area contributed by atoms with E-state index in [2.05, 4.69) is 0 Å². The van der Waals surface area contributed by atoms with Gasteiger partial charge in [-0.15, -0.1) is 0 Å². The van der Waals surface area contributed by atoms with Gasteiger partial charge in [0.15, 0.2) is 0 Å². The highest BCUT2D eigenvalue weighted by Crippen LogP contribution is 2.13. The molecule has 5 heteroatoms. The van der Waals surface area contributed by atoms with Crippen LogP contribution in [0.15, 0.2) is 30.3 Å². The van der Waals surface area contributed by atoms with Gasteiger partial charge in [-0.3, -0.25) is 0 Å². The smallest absolute Gasteiger partial charge is 0.410 e. The van der Waals surface area contributed by atoms with E-state index in [0.29, 0.717) is 19.7 Å². The standard InChI is InChI=1S/C14H20N2O3/c1-18-13-9-16(8-7-12(13)15)14(17)19-10-11-5-3-2-4-6-11/h2-6,12-13H,7-10,15H2,1H3. The van der Waals surface area contributed by atoms with Crippen molar-refractivity contribution in [1.82, 2.24) is 4.90 Å². The number of hydrogen-bond donors (Lipinski definition) is 1. The van der Waals surface area contributed by atoms with Gasteiger partial charge in [0, 0.05) is 19.7 Å². The number of amides is 1. The quantitative estimate of drug-likeness (QED) is 0.895. The summed E-state index contributed by atoms with van der Waals surface area (Å²) in [5.41, 5.74) is 6.89. The van der Waals surface area contributed by atoms with E-state index in [-0.39, 0.29) is 18.2 Å². The van der Waals surface area contributed by atoms with Crippen LogP contribution in [-0.2, 0) is 16.1 Å². The molecular formula is C14H20N2O3. The number of methoxy groups -OCH3 is 1. The van der Waals surface area contributed by atoms with E-state index in [4.69, 9.17) is 15.2 Å². The molecule has 1 amide bonds. The van der Waals surface area contributed by atoms with Gasteiger partial charge in [-0.05, 0) is 12.0 Å². The minimum Gasteiger partial charge on any atom is -0.445 e. The second kappa shape index (κ2) is 6.54. The molecule has 0 bridgehead atoms. The molecule has 1 aromatic carbocycles. The molecule has 1 heterocycles. The lowest BCUT2D eigenvalue weighted by molar-refractivity contribution is 0.0107. The number of ether oxygens (including phenoxy) is 2. The highest BCUT2D eigenvalue weighted by atomic mass is 16.6. The van der Waals surface area contributed by atoms with Gasteiger partial charge in [0.05, 0.1) is 12.6 Å². The van der Waals surface area contributed by atoms with Gasteiger partial charge in [-0.25, -0.2) is 4.79 Å². The van der Waals surface area contributed by atoms with Crippen LogP contribution in [0.3, 0.4) is 0 Å². The lowest BCUT2D eigenvalue weighted by atomic mass is 10.0. The Morgan fingerprint density at radius 2 is 2.16 bits per heavy atom. The van der Waals surface area contributed by atoms with Crippen molar-refractivity contribution < 1.29 is 14.3 Å². The highest BCUT2D eigenvalue weighted by Gasteiger charge is 2.29. The fraction of sp³-hybridized carbons (Fsp3) is 0.500. The summed E-state index contributed by atoms with van der Waals surface area (Å²) in [6.07, 6.45) is 0.315. The maximum absolute atomic E-state index is 11.9. The number of nitrogens with two attached hydrogens (primary N) is 1. The molecule has 1 aromatic rings. The summed E-state index contributed by atoms with van der Waals surface area (Å²) in [4.78, 5) is 13.6. The van der Waals surface area contributed by atoms with E-state index in [1.807, 2.05) is 30.3 Å². The average Bonchev–Trinajstić information content (AvgIpc) is 2.46. The molecule has 1 fully saturated rings. The number of hydrogen-bond acceptors (Lipinski definition) is 4. The third-order valence-corrected chi connectivity index (χ3v) is 3.38. The van der Waals surface area contributed by atoms with Crippen molar-refractivity contribution in [2.24, 2.45) is 5.73 Å². The van der Waals surface area contributed by atoms with Gasteiger partial charge < -0.3 is 20.1 Å². The minimum absolute atomic E-state index is 0.0110. The zero-order valence-corrected chi connectivity index (χ0v) is 11.1. The maximum atomic E-state index is 11.9. The fourth-order valence-electron chi connectivity index (χ4n) is 2.16. The van der Waals surface area contributed by atoms with E-state index in [1.54, 1.807) is 12.0 Å². The summed E-state index contributed by atoms with van der Waals surface area (Å²) < 4.78 is 10.6. The first kappa shape index (κ1) is 13.8. The van der Waals surface area contributed by atoms with Crippen molar-refractivity contribution in [2.45, 2.75) is 25.2 Å². The van der Waals surface area contributed by atoms with Crippen LogP contribution in [0.1, 0.15) is 12.0 Å². The number of piperidine rings is 1. The molecule has 5 nitrogen and oxygen atoms in total. The van der Waals surface area contributed by atoms with Crippen LogP contribution in [0.5, 0.6) is 0 Å². The summed E-state index contributed by atoms with van der Waals surface area (Å²) in [7, 11) is 1.61. The molecule has 2 N–H and O–H groups in total. The number of likely N-dealkylation sites (tertiary alicyclic amines) is 1. The molecule has 104 valence electrons. The van der Waals surface area contributed by atoms with Crippen LogP contribution in [0.25, 0.3) is 0 Å². The summed E-state index contributed by atoms with van der Waals surface area (Å²) >= 11 is 0. The lowest BCUT2D eigenvalue weighted by Gasteiger charge is -2.35. The van der Waals surface area contributed by atoms with Gasteiger partial charge >= 0.3 is 6.09 Å². The zero-order valence-electron chi connectivity index (χ0n) is 11.1. The molecule has 1 aliphatic rings. The Morgan fingerprint density at radius 1 is 1.42 bits per heavy atom. The van der Waals surface area contributed by atoms with Crippen molar-refractivity contribution in [3.8, 4) is 0 Å². The van der Waals surface area contributed by atoms with Crippen molar-refractivity contribution in [1.29, 1.82) is 0 Å². The number of nitrogens with zero attached hydrogens (tertiary/aromatic N) is 1. The van der Waals surface area contributed by atoms with Gasteiger partial charge in [-0.2, -0.15) is 0 Å². The van der Waals surface area contributed by atoms with Crippen LogP contribution in [0, 0.1) is 0 Å². The Balaban J connectivity index is 1.83. The third-order valence-electron chi connectivity index (χ3n) is 3.38. The molecule has 2 atom stereocenters. The Kier molecular flexibility index (Phi) is 4.76. The summed E-state index contributed by atoms with van der Waals surface area (Å²) in [6.45, 7) is 1.40. The van der Waals surface area contributed by atoms with Crippen LogP contribution in [0.2, 0.25) is 0 Å². The molecule has 19 heavy (non-hydrogen) atoms. The number of carbonyl (C=O) groups excluding carboxylic acids is 1. The molecular weight excluding hydrogens is 244 g/mol. The summed E-state index contributed by atoms with van der Waals surface area (Å²) in [5.74, 6) is 0. The normalized spacial score (nSPS) is 23.2. The molecule has 0 spiro atoms. The van der Waals surface area contributed by atoms with E-state index in [0.717, 1.165) is 12.0 Å². The van der Waals surface area contributed by atoms with Crippen LogP contribution >= 0.6 is 0 Å². The lowest BCUT2D eigenvalue weighted by Crippen LogP contribution is -2.53. The molecule has 2 rings (SSSR count). The first-order valence-corrected chi connectivity index (χ1v) is 6.44. The topological polar surface area (TPSA) is 64.8 Å². The molecule has 2 unspecified atom stereocenters. The number of benzene rings is 1. The van der Waals surface area contributed by atoms with E-state index >= 15 is 0 Å². The first-order chi connectivity index (χ1) is 9.20. The number of carbonyl (C=O) groups is 1. The SMILES string of the molecule is COC1CN(C(=O)OCc2ccccc2)CCC1N. The predicted molar refractivity (Wildman–Crippen MR) is 71.6 cm³/mol. The van der Waals surface area contributed by atoms with Crippen LogP contribution in [0.4, 0.5) is 4.79 Å². The molecule has 0 saturated carbocycles. The van der Waals surface area contributed by atoms with Crippen molar-refractivity contribution >= 4 is 6.09 Å². The van der Waals surface area contributed by atoms with Gasteiger partial charge in [0.25, 0.3) is 0 Å². The zero-order chi connectivity index (χ0) is 13.7. The fourth-order valence-corrected chi connectivity index (χ4v) is 2.16. The number of rotatable bonds is 3. The monoisotopic (exact) mass is 264 g/mol. The maximum Gasteiger partial charge on any atom is 0.410 e. The Hall–Kier alpha value is -1.59. The molecule has 0 radical (unpaired) electrons. The highest BCUT2D eigenvalue weighted by molar-refractivity contribution is 5.67. The predicted octanol–water partition coefficient (Wildman–Crippen LogP) is 1.37.